The molecule has 2 aromatic heterocycles. The molecule has 0 bridgehead atoms. The molecule has 118 valence electrons. The zero-order valence-electron chi connectivity index (χ0n) is 12.8. The number of fused-ring (bicyclic) bond motifs is 1. The van der Waals surface area contributed by atoms with E-state index in [0.717, 1.165) is 48.9 Å². The summed E-state index contributed by atoms with van der Waals surface area (Å²) in [6, 6.07) is 9.76. The third-order valence-corrected chi connectivity index (χ3v) is 4.55. The predicted molar refractivity (Wildman–Crippen MR) is 87.0 cm³/mol. The molecule has 23 heavy (non-hydrogen) atoms. The van der Waals surface area contributed by atoms with Crippen LogP contribution in [0.15, 0.2) is 36.5 Å². The number of benzene rings is 1. The standard InChI is InChI=1S/C17H19N5O/c23-17(16-14-5-1-2-6-15(14)20-21-16)22-9-3-4-12(11-22)10-13-7-8-18-19-13/h1-2,5-8,12H,3-4,9-11H2,(H,18,19)(H,20,21)/t12-/m0/s1. The molecule has 0 unspecified atom stereocenters. The van der Waals surface area contributed by atoms with Gasteiger partial charge in [-0.05, 0) is 37.3 Å². The van der Waals surface area contributed by atoms with Crippen LogP contribution in [0.5, 0.6) is 0 Å². The number of likely N-dealkylation sites (tertiary alicyclic amines) is 1. The van der Waals surface area contributed by atoms with E-state index in [1.165, 1.54) is 0 Å². The van der Waals surface area contributed by atoms with Crippen molar-refractivity contribution in [2.24, 2.45) is 5.92 Å². The van der Waals surface area contributed by atoms with Crippen molar-refractivity contribution in [3.05, 3.63) is 47.9 Å². The smallest absolute Gasteiger partial charge is 0.275 e. The number of nitrogens with zero attached hydrogens (tertiary/aromatic N) is 3. The summed E-state index contributed by atoms with van der Waals surface area (Å²) in [7, 11) is 0. The van der Waals surface area contributed by atoms with Crippen molar-refractivity contribution in [3.63, 3.8) is 0 Å². The lowest BCUT2D eigenvalue weighted by molar-refractivity contribution is 0.0668. The predicted octanol–water partition coefficient (Wildman–Crippen LogP) is 2.38. The monoisotopic (exact) mass is 309 g/mol. The van der Waals surface area contributed by atoms with Gasteiger partial charge in [0.05, 0.1) is 5.52 Å². The van der Waals surface area contributed by atoms with Gasteiger partial charge in [0.25, 0.3) is 5.91 Å². The minimum absolute atomic E-state index is 0.0248. The number of piperidine rings is 1. The first-order valence-corrected chi connectivity index (χ1v) is 8.02. The van der Waals surface area contributed by atoms with Gasteiger partial charge in [-0.1, -0.05) is 18.2 Å². The molecule has 4 rings (SSSR count). The number of hydrogen-bond acceptors (Lipinski definition) is 3. The van der Waals surface area contributed by atoms with Crippen molar-refractivity contribution in [2.75, 3.05) is 13.1 Å². The van der Waals surface area contributed by atoms with Crippen LogP contribution in [-0.2, 0) is 6.42 Å². The number of rotatable bonds is 3. The van der Waals surface area contributed by atoms with Crippen LogP contribution in [-0.4, -0.2) is 44.3 Å². The first kappa shape index (κ1) is 14.0. The van der Waals surface area contributed by atoms with E-state index < -0.39 is 0 Å². The number of hydrogen-bond donors (Lipinski definition) is 2. The highest BCUT2D eigenvalue weighted by molar-refractivity contribution is 6.04. The molecular weight excluding hydrogens is 290 g/mol. The molecule has 1 saturated heterocycles. The van der Waals surface area contributed by atoms with E-state index in [-0.39, 0.29) is 5.91 Å². The molecule has 6 nitrogen and oxygen atoms in total. The Labute approximate surface area is 133 Å². The summed E-state index contributed by atoms with van der Waals surface area (Å²) in [6.45, 7) is 1.58. The number of para-hydroxylation sites is 1. The molecule has 1 aliphatic heterocycles. The van der Waals surface area contributed by atoms with Gasteiger partial charge >= 0.3 is 0 Å². The maximum absolute atomic E-state index is 12.8. The largest absolute Gasteiger partial charge is 0.337 e. The Hall–Kier alpha value is -2.63. The minimum Gasteiger partial charge on any atom is -0.337 e. The van der Waals surface area contributed by atoms with E-state index in [1.807, 2.05) is 35.2 Å². The second-order valence-electron chi connectivity index (χ2n) is 6.16. The molecule has 3 heterocycles. The average molecular weight is 309 g/mol. The molecule has 0 spiro atoms. The normalized spacial score (nSPS) is 18.4. The third-order valence-electron chi connectivity index (χ3n) is 4.55. The Morgan fingerprint density at radius 3 is 3.04 bits per heavy atom. The molecule has 1 fully saturated rings. The Morgan fingerprint density at radius 1 is 1.26 bits per heavy atom. The molecular formula is C17H19N5O. The summed E-state index contributed by atoms with van der Waals surface area (Å²) < 4.78 is 0. The van der Waals surface area contributed by atoms with Crippen molar-refractivity contribution in [2.45, 2.75) is 19.3 Å². The van der Waals surface area contributed by atoms with Crippen molar-refractivity contribution in [3.8, 4) is 0 Å². The Balaban J connectivity index is 1.51. The van der Waals surface area contributed by atoms with Crippen LogP contribution < -0.4 is 0 Å². The van der Waals surface area contributed by atoms with Crippen LogP contribution in [0, 0.1) is 5.92 Å². The highest BCUT2D eigenvalue weighted by atomic mass is 16.2. The van der Waals surface area contributed by atoms with Gasteiger partial charge in [0.2, 0.25) is 0 Å². The third kappa shape index (κ3) is 2.72. The van der Waals surface area contributed by atoms with Crippen LogP contribution >= 0.6 is 0 Å². The number of carbonyl (C=O) groups is 1. The molecule has 1 atom stereocenters. The van der Waals surface area contributed by atoms with Gasteiger partial charge in [0.15, 0.2) is 5.69 Å². The molecule has 1 aliphatic rings. The Morgan fingerprint density at radius 2 is 2.17 bits per heavy atom. The summed E-state index contributed by atoms with van der Waals surface area (Å²) in [6.07, 6.45) is 4.89. The summed E-state index contributed by atoms with van der Waals surface area (Å²) in [5.74, 6) is 0.495. The fourth-order valence-electron chi connectivity index (χ4n) is 3.40. The summed E-state index contributed by atoms with van der Waals surface area (Å²) in [4.78, 5) is 14.8. The van der Waals surface area contributed by atoms with Gasteiger partial charge in [-0.2, -0.15) is 10.2 Å². The lowest BCUT2D eigenvalue weighted by Crippen LogP contribution is -2.40. The Kier molecular flexibility index (Phi) is 3.57. The second kappa shape index (κ2) is 5.87. The molecule has 1 aromatic carbocycles. The fraction of sp³-hybridized carbons (Fsp3) is 0.353. The lowest BCUT2D eigenvalue weighted by Gasteiger charge is -2.32. The van der Waals surface area contributed by atoms with E-state index >= 15 is 0 Å². The van der Waals surface area contributed by atoms with Crippen LogP contribution in [0.25, 0.3) is 10.9 Å². The second-order valence-corrected chi connectivity index (χ2v) is 6.16. The van der Waals surface area contributed by atoms with Gasteiger partial charge in [-0.15, -0.1) is 0 Å². The molecule has 1 amide bonds. The van der Waals surface area contributed by atoms with Crippen molar-refractivity contribution in [1.29, 1.82) is 0 Å². The van der Waals surface area contributed by atoms with Crippen LogP contribution in [0.2, 0.25) is 0 Å². The lowest BCUT2D eigenvalue weighted by atomic mass is 9.93. The van der Waals surface area contributed by atoms with Crippen molar-refractivity contribution in [1.82, 2.24) is 25.3 Å². The molecule has 6 heteroatoms. The summed E-state index contributed by atoms with van der Waals surface area (Å²) in [5, 5.41) is 15.1. The molecule has 0 radical (unpaired) electrons. The average Bonchev–Trinajstić information content (AvgIpc) is 3.24. The first-order chi connectivity index (χ1) is 11.3. The highest BCUT2D eigenvalue weighted by Gasteiger charge is 2.27. The van der Waals surface area contributed by atoms with Crippen LogP contribution in [0.1, 0.15) is 29.0 Å². The van der Waals surface area contributed by atoms with Crippen molar-refractivity contribution < 1.29 is 4.79 Å². The number of carbonyl (C=O) groups excluding carboxylic acids is 1. The van der Waals surface area contributed by atoms with E-state index in [0.29, 0.717) is 11.6 Å². The number of aromatic amines is 2. The zero-order valence-corrected chi connectivity index (χ0v) is 12.8. The van der Waals surface area contributed by atoms with Crippen molar-refractivity contribution >= 4 is 16.8 Å². The van der Waals surface area contributed by atoms with Gasteiger partial charge in [-0.25, -0.2) is 0 Å². The number of H-pyrrole nitrogens is 2. The summed E-state index contributed by atoms with van der Waals surface area (Å²) >= 11 is 0. The van der Waals surface area contributed by atoms with Crippen LogP contribution in [0.3, 0.4) is 0 Å². The number of amides is 1. The van der Waals surface area contributed by atoms with Gasteiger partial charge < -0.3 is 4.90 Å². The molecule has 0 aliphatic carbocycles. The van der Waals surface area contributed by atoms with Crippen LogP contribution in [0.4, 0.5) is 0 Å². The fourth-order valence-corrected chi connectivity index (χ4v) is 3.40. The Bertz CT molecular complexity index is 807. The summed E-state index contributed by atoms with van der Waals surface area (Å²) in [5.41, 5.74) is 2.57. The van der Waals surface area contributed by atoms with Gasteiger partial charge in [0, 0.05) is 30.4 Å². The molecule has 2 N–H and O–H groups in total. The van der Waals surface area contributed by atoms with E-state index in [2.05, 4.69) is 20.4 Å². The van der Waals surface area contributed by atoms with Gasteiger partial charge in [-0.3, -0.25) is 15.0 Å². The highest BCUT2D eigenvalue weighted by Crippen LogP contribution is 2.23. The number of aromatic nitrogens is 4. The quantitative estimate of drug-likeness (QED) is 0.780. The maximum atomic E-state index is 12.8. The van der Waals surface area contributed by atoms with E-state index in [1.54, 1.807) is 6.20 Å². The van der Waals surface area contributed by atoms with E-state index in [4.69, 9.17) is 0 Å². The zero-order chi connectivity index (χ0) is 15.6. The minimum atomic E-state index is 0.0248. The van der Waals surface area contributed by atoms with E-state index in [9.17, 15) is 4.79 Å². The maximum Gasteiger partial charge on any atom is 0.275 e. The molecule has 0 saturated carbocycles. The SMILES string of the molecule is O=C(c1n[nH]c2ccccc12)N1CCC[C@@H](Cc2ccn[nH]2)C1. The topological polar surface area (TPSA) is 77.7 Å². The van der Waals surface area contributed by atoms with Gasteiger partial charge in [0.1, 0.15) is 0 Å². The number of nitrogens with one attached hydrogen (secondary N) is 2. The molecule has 3 aromatic rings. The first-order valence-electron chi connectivity index (χ1n) is 8.02.